The van der Waals surface area contributed by atoms with Crippen molar-refractivity contribution in [2.75, 3.05) is 18.9 Å². The summed E-state index contributed by atoms with van der Waals surface area (Å²) in [4.78, 5) is 13.5. The Morgan fingerprint density at radius 1 is 1.32 bits per heavy atom. The minimum Gasteiger partial charge on any atom is -0.380 e. The SMILES string of the molecule is CCCCNC(=O)Cc1c(NC)sc2c1CCCC2. The van der Waals surface area contributed by atoms with Gasteiger partial charge in [0, 0.05) is 18.5 Å². The predicted octanol–water partition coefficient (Wildman–Crippen LogP) is 3.13. The van der Waals surface area contributed by atoms with E-state index in [4.69, 9.17) is 0 Å². The zero-order valence-electron chi connectivity index (χ0n) is 12.0. The normalized spacial score (nSPS) is 14.0. The van der Waals surface area contributed by atoms with E-state index in [0.717, 1.165) is 25.8 Å². The molecule has 0 radical (unpaired) electrons. The van der Waals surface area contributed by atoms with E-state index in [1.165, 1.54) is 40.3 Å². The van der Waals surface area contributed by atoms with Gasteiger partial charge in [-0.05, 0) is 43.2 Å². The lowest BCUT2D eigenvalue weighted by atomic mass is 9.94. The highest BCUT2D eigenvalue weighted by atomic mass is 32.1. The Bertz CT molecular complexity index is 440. The summed E-state index contributed by atoms with van der Waals surface area (Å²) in [5.41, 5.74) is 2.70. The van der Waals surface area contributed by atoms with Gasteiger partial charge in [-0.15, -0.1) is 11.3 Å². The number of carbonyl (C=O) groups excluding carboxylic acids is 1. The molecule has 4 heteroatoms. The first-order chi connectivity index (χ1) is 9.26. The monoisotopic (exact) mass is 280 g/mol. The Morgan fingerprint density at radius 2 is 2.11 bits per heavy atom. The van der Waals surface area contributed by atoms with Crippen LogP contribution >= 0.6 is 11.3 Å². The first-order valence-electron chi connectivity index (χ1n) is 7.34. The largest absolute Gasteiger partial charge is 0.380 e. The summed E-state index contributed by atoms with van der Waals surface area (Å²) >= 11 is 1.84. The zero-order valence-corrected chi connectivity index (χ0v) is 12.8. The third-order valence-corrected chi connectivity index (χ3v) is 5.05. The second-order valence-electron chi connectivity index (χ2n) is 5.15. The minimum atomic E-state index is 0.163. The summed E-state index contributed by atoms with van der Waals surface area (Å²) in [6, 6.07) is 0. The van der Waals surface area contributed by atoms with Gasteiger partial charge in [0.1, 0.15) is 0 Å². The maximum atomic E-state index is 12.0. The average Bonchev–Trinajstić information content (AvgIpc) is 2.77. The summed E-state index contributed by atoms with van der Waals surface area (Å²) in [6.07, 6.45) is 7.60. The van der Waals surface area contributed by atoms with E-state index in [1.807, 2.05) is 18.4 Å². The van der Waals surface area contributed by atoms with E-state index >= 15 is 0 Å². The predicted molar refractivity (Wildman–Crippen MR) is 82.1 cm³/mol. The number of amides is 1. The second kappa shape index (κ2) is 6.94. The van der Waals surface area contributed by atoms with Crippen LogP contribution in [0.5, 0.6) is 0 Å². The number of carbonyl (C=O) groups is 1. The van der Waals surface area contributed by atoms with Gasteiger partial charge in [0.25, 0.3) is 0 Å². The van der Waals surface area contributed by atoms with E-state index in [1.54, 1.807) is 0 Å². The molecule has 19 heavy (non-hydrogen) atoms. The number of unbranched alkanes of at least 4 members (excludes halogenated alkanes) is 1. The number of nitrogens with one attached hydrogen (secondary N) is 2. The Labute approximate surface area is 119 Å². The van der Waals surface area contributed by atoms with Gasteiger partial charge in [-0.25, -0.2) is 0 Å². The van der Waals surface area contributed by atoms with Gasteiger partial charge in [0.15, 0.2) is 0 Å². The van der Waals surface area contributed by atoms with Crippen LogP contribution in [0.4, 0.5) is 5.00 Å². The molecule has 106 valence electrons. The number of rotatable bonds is 6. The molecular weight excluding hydrogens is 256 g/mol. The summed E-state index contributed by atoms with van der Waals surface area (Å²) in [5, 5.41) is 7.47. The molecule has 1 aliphatic carbocycles. The third-order valence-electron chi connectivity index (χ3n) is 3.70. The van der Waals surface area contributed by atoms with Crippen molar-refractivity contribution < 1.29 is 4.79 Å². The van der Waals surface area contributed by atoms with Gasteiger partial charge in [-0.2, -0.15) is 0 Å². The van der Waals surface area contributed by atoms with Crippen molar-refractivity contribution in [2.24, 2.45) is 0 Å². The number of thiophene rings is 1. The Balaban J connectivity index is 2.06. The van der Waals surface area contributed by atoms with Crippen LogP contribution in [0.25, 0.3) is 0 Å². The quantitative estimate of drug-likeness (QED) is 0.786. The fourth-order valence-corrected chi connectivity index (χ4v) is 3.91. The maximum absolute atomic E-state index is 12.0. The van der Waals surface area contributed by atoms with E-state index < -0.39 is 0 Å². The van der Waals surface area contributed by atoms with Gasteiger partial charge in [-0.3, -0.25) is 4.79 Å². The summed E-state index contributed by atoms with van der Waals surface area (Å²) in [7, 11) is 1.95. The van der Waals surface area contributed by atoms with Crippen LogP contribution in [-0.2, 0) is 24.1 Å². The van der Waals surface area contributed by atoms with Gasteiger partial charge in [0.2, 0.25) is 5.91 Å². The van der Waals surface area contributed by atoms with Crippen molar-refractivity contribution in [2.45, 2.75) is 51.9 Å². The number of anilines is 1. The topological polar surface area (TPSA) is 41.1 Å². The van der Waals surface area contributed by atoms with Crippen LogP contribution in [0.15, 0.2) is 0 Å². The number of hydrogen-bond donors (Lipinski definition) is 2. The van der Waals surface area contributed by atoms with E-state index in [0.29, 0.717) is 6.42 Å². The molecule has 0 fully saturated rings. The molecule has 0 spiro atoms. The molecule has 1 aromatic rings. The highest BCUT2D eigenvalue weighted by Crippen LogP contribution is 2.38. The lowest BCUT2D eigenvalue weighted by Gasteiger charge is -2.13. The summed E-state index contributed by atoms with van der Waals surface area (Å²) in [5.74, 6) is 0.163. The van der Waals surface area contributed by atoms with E-state index in [9.17, 15) is 4.79 Å². The molecule has 0 saturated heterocycles. The van der Waals surface area contributed by atoms with Crippen molar-refractivity contribution in [1.29, 1.82) is 0 Å². The Hall–Kier alpha value is -1.03. The molecule has 0 unspecified atom stereocenters. The van der Waals surface area contributed by atoms with Crippen LogP contribution < -0.4 is 10.6 Å². The van der Waals surface area contributed by atoms with Crippen molar-refractivity contribution in [3.8, 4) is 0 Å². The molecule has 1 amide bonds. The number of fused-ring (bicyclic) bond motifs is 1. The first kappa shape index (κ1) is 14.4. The van der Waals surface area contributed by atoms with Crippen molar-refractivity contribution in [1.82, 2.24) is 5.32 Å². The van der Waals surface area contributed by atoms with Crippen LogP contribution in [0.1, 0.15) is 48.6 Å². The van der Waals surface area contributed by atoms with Gasteiger partial charge in [-0.1, -0.05) is 13.3 Å². The maximum Gasteiger partial charge on any atom is 0.224 e. The highest BCUT2D eigenvalue weighted by Gasteiger charge is 2.21. The second-order valence-corrected chi connectivity index (χ2v) is 6.25. The molecule has 0 aliphatic heterocycles. The van der Waals surface area contributed by atoms with Crippen LogP contribution in [0.2, 0.25) is 0 Å². The molecule has 0 aromatic carbocycles. The number of hydrogen-bond acceptors (Lipinski definition) is 3. The molecule has 1 heterocycles. The van der Waals surface area contributed by atoms with Crippen molar-refractivity contribution in [3.63, 3.8) is 0 Å². The zero-order chi connectivity index (χ0) is 13.7. The molecule has 2 rings (SSSR count). The molecule has 1 aliphatic rings. The van der Waals surface area contributed by atoms with E-state index in [2.05, 4.69) is 17.6 Å². The Morgan fingerprint density at radius 3 is 2.84 bits per heavy atom. The first-order valence-corrected chi connectivity index (χ1v) is 8.15. The van der Waals surface area contributed by atoms with Crippen molar-refractivity contribution in [3.05, 3.63) is 16.0 Å². The molecular formula is C15H24N2OS. The molecule has 0 bridgehead atoms. The molecule has 1 aromatic heterocycles. The van der Waals surface area contributed by atoms with Crippen LogP contribution in [0.3, 0.4) is 0 Å². The number of aryl methyl sites for hydroxylation is 1. The summed E-state index contributed by atoms with van der Waals surface area (Å²) in [6.45, 7) is 2.94. The third kappa shape index (κ3) is 3.50. The smallest absolute Gasteiger partial charge is 0.224 e. The van der Waals surface area contributed by atoms with Crippen LogP contribution in [-0.4, -0.2) is 19.5 Å². The lowest BCUT2D eigenvalue weighted by molar-refractivity contribution is -0.120. The van der Waals surface area contributed by atoms with Gasteiger partial charge in [0.05, 0.1) is 11.4 Å². The van der Waals surface area contributed by atoms with Crippen LogP contribution in [0, 0.1) is 0 Å². The molecule has 2 N–H and O–H groups in total. The fourth-order valence-electron chi connectivity index (χ4n) is 2.65. The molecule has 3 nitrogen and oxygen atoms in total. The van der Waals surface area contributed by atoms with Crippen molar-refractivity contribution >= 4 is 22.2 Å². The Kier molecular flexibility index (Phi) is 5.25. The fraction of sp³-hybridized carbons (Fsp3) is 0.667. The molecule has 0 atom stereocenters. The average molecular weight is 280 g/mol. The molecule has 0 saturated carbocycles. The minimum absolute atomic E-state index is 0.163. The standard InChI is InChI=1S/C15H24N2OS/c1-3-4-9-17-14(18)10-12-11-7-5-6-8-13(11)19-15(12)16-2/h16H,3-10H2,1-2H3,(H,17,18). The van der Waals surface area contributed by atoms with E-state index in [-0.39, 0.29) is 5.91 Å². The highest BCUT2D eigenvalue weighted by molar-refractivity contribution is 7.16. The van der Waals surface area contributed by atoms with Gasteiger partial charge >= 0.3 is 0 Å². The van der Waals surface area contributed by atoms with Gasteiger partial charge < -0.3 is 10.6 Å². The lowest BCUT2D eigenvalue weighted by Crippen LogP contribution is -2.26. The summed E-state index contributed by atoms with van der Waals surface area (Å²) < 4.78 is 0.